The topological polar surface area (TPSA) is 50.8 Å². The second-order valence-corrected chi connectivity index (χ2v) is 8.02. The number of benzene rings is 2. The molecule has 30 heavy (non-hydrogen) atoms. The largest absolute Gasteiger partial charge is 0.497 e. The number of amides is 1. The van der Waals surface area contributed by atoms with Crippen LogP contribution >= 0.6 is 11.3 Å². The molecule has 0 aliphatic rings. The van der Waals surface area contributed by atoms with E-state index in [0.717, 1.165) is 30.0 Å². The molecule has 0 fully saturated rings. The van der Waals surface area contributed by atoms with E-state index in [1.165, 1.54) is 10.4 Å². The minimum atomic E-state index is 0.0231. The Kier molecular flexibility index (Phi) is 8.30. The minimum Gasteiger partial charge on any atom is -0.497 e. The zero-order valence-corrected chi connectivity index (χ0v) is 18.3. The fourth-order valence-corrected chi connectivity index (χ4v) is 4.01. The fourth-order valence-electron chi connectivity index (χ4n) is 3.26. The van der Waals surface area contributed by atoms with Crippen molar-refractivity contribution in [2.45, 2.75) is 19.5 Å². The zero-order chi connectivity index (χ0) is 21.2. The molecule has 0 radical (unpaired) electrons. The molecule has 0 unspecified atom stereocenters. The summed E-state index contributed by atoms with van der Waals surface area (Å²) in [6.45, 7) is 2.31. The van der Waals surface area contributed by atoms with E-state index >= 15 is 0 Å². The summed E-state index contributed by atoms with van der Waals surface area (Å²) < 4.78 is 10.7. The number of carbonyl (C=O) groups is 1. The summed E-state index contributed by atoms with van der Waals surface area (Å²) in [5, 5.41) is 5.11. The maximum Gasteiger partial charge on any atom is 0.234 e. The van der Waals surface area contributed by atoms with E-state index in [-0.39, 0.29) is 5.91 Å². The first-order valence-electron chi connectivity index (χ1n) is 9.94. The van der Waals surface area contributed by atoms with Crippen LogP contribution in [0.15, 0.2) is 66.0 Å². The highest BCUT2D eigenvalue weighted by molar-refractivity contribution is 7.09. The number of nitrogens with one attached hydrogen (secondary N) is 1. The van der Waals surface area contributed by atoms with Crippen LogP contribution < -0.4 is 14.8 Å². The highest BCUT2D eigenvalue weighted by Crippen LogP contribution is 2.21. The summed E-state index contributed by atoms with van der Waals surface area (Å²) in [7, 11) is 3.33. The zero-order valence-electron chi connectivity index (χ0n) is 17.5. The van der Waals surface area contributed by atoms with E-state index in [2.05, 4.69) is 21.7 Å². The summed E-state index contributed by atoms with van der Waals surface area (Å²) in [6, 6.07) is 20.0. The van der Waals surface area contributed by atoms with Crippen LogP contribution in [-0.2, 0) is 24.3 Å². The second kappa shape index (κ2) is 11.4. The number of methoxy groups -OCH3 is 2. The number of hydrogen-bond acceptors (Lipinski definition) is 5. The first-order chi connectivity index (χ1) is 14.7. The van der Waals surface area contributed by atoms with Crippen LogP contribution in [0.5, 0.6) is 11.5 Å². The molecule has 5 nitrogen and oxygen atoms in total. The molecule has 0 saturated carbocycles. The predicted molar refractivity (Wildman–Crippen MR) is 121 cm³/mol. The number of thiophene rings is 1. The first kappa shape index (κ1) is 21.9. The number of ether oxygens (including phenoxy) is 2. The van der Waals surface area contributed by atoms with E-state index in [0.29, 0.717) is 19.6 Å². The van der Waals surface area contributed by atoms with Crippen molar-refractivity contribution in [3.63, 3.8) is 0 Å². The van der Waals surface area contributed by atoms with Gasteiger partial charge in [0, 0.05) is 30.1 Å². The van der Waals surface area contributed by atoms with E-state index in [4.69, 9.17) is 9.47 Å². The van der Waals surface area contributed by atoms with Gasteiger partial charge in [0.1, 0.15) is 11.5 Å². The molecule has 0 bridgehead atoms. The average Bonchev–Trinajstić information content (AvgIpc) is 3.27. The number of rotatable bonds is 11. The Morgan fingerprint density at radius 1 is 0.967 bits per heavy atom. The molecule has 1 aromatic heterocycles. The van der Waals surface area contributed by atoms with Crippen molar-refractivity contribution < 1.29 is 14.3 Å². The van der Waals surface area contributed by atoms with Gasteiger partial charge in [-0.05, 0) is 41.6 Å². The van der Waals surface area contributed by atoms with Crippen molar-refractivity contribution >= 4 is 17.2 Å². The summed E-state index contributed by atoms with van der Waals surface area (Å²) in [6.07, 6.45) is 0.785. The van der Waals surface area contributed by atoms with Gasteiger partial charge in [-0.1, -0.05) is 36.4 Å². The minimum absolute atomic E-state index is 0.0231. The van der Waals surface area contributed by atoms with Crippen molar-refractivity contribution in [2.75, 3.05) is 27.3 Å². The van der Waals surface area contributed by atoms with Crippen LogP contribution in [0.1, 0.15) is 16.0 Å². The average molecular weight is 425 g/mol. The van der Waals surface area contributed by atoms with Gasteiger partial charge >= 0.3 is 0 Å². The smallest absolute Gasteiger partial charge is 0.234 e. The molecular formula is C24H28N2O3S. The van der Waals surface area contributed by atoms with Gasteiger partial charge in [0.05, 0.1) is 20.8 Å². The third-order valence-corrected chi connectivity index (χ3v) is 5.67. The van der Waals surface area contributed by atoms with Crippen molar-refractivity contribution in [3.05, 3.63) is 82.0 Å². The van der Waals surface area contributed by atoms with E-state index in [1.807, 2.05) is 54.6 Å². The summed E-state index contributed by atoms with van der Waals surface area (Å²) in [4.78, 5) is 16.0. The van der Waals surface area contributed by atoms with Crippen LogP contribution in [0.25, 0.3) is 0 Å². The summed E-state index contributed by atoms with van der Waals surface area (Å²) in [5.74, 6) is 1.70. The molecule has 0 atom stereocenters. The van der Waals surface area contributed by atoms with Gasteiger partial charge in [0.15, 0.2) is 0 Å². The molecule has 1 N–H and O–H groups in total. The molecule has 3 aromatic rings. The van der Waals surface area contributed by atoms with Crippen LogP contribution in [0.2, 0.25) is 0 Å². The van der Waals surface area contributed by atoms with Crippen LogP contribution in [0.4, 0.5) is 0 Å². The number of hydrogen-bond donors (Lipinski definition) is 1. The molecule has 3 rings (SSSR count). The Morgan fingerprint density at radius 3 is 2.47 bits per heavy atom. The molecule has 0 spiro atoms. The van der Waals surface area contributed by atoms with Gasteiger partial charge < -0.3 is 14.8 Å². The Balaban J connectivity index is 1.56. The monoisotopic (exact) mass is 424 g/mol. The van der Waals surface area contributed by atoms with Gasteiger partial charge in [-0.3, -0.25) is 9.69 Å². The van der Waals surface area contributed by atoms with Gasteiger partial charge in [-0.2, -0.15) is 0 Å². The highest BCUT2D eigenvalue weighted by Gasteiger charge is 2.14. The molecule has 6 heteroatoms. The Bertz CT molecular complexity index is 910. The van der Waals surface area contributed by atoms with Gasteiger partial charge in [-0.15, -0.1) is 11.3 Å². The lowest BCUT2D eigenvalue weighted by atomic mass is 10.1. The fraction of sp³-hybridized carbons (Fsp3) is 0.292. The maximum absolute atomic E-state index is 12.6. The molecular weight excluding hydrogens is 396 g/mol. The number of nitrogens with zero attached hydrogens (tertiary/aromatic N) is 1. The summed E-state index contributed by atoms with van der Waals surface area (Å²) >= 11 is 1.70. The Hall–Kier alpha value is -2.83. The van der Waals surface area contributed by atoms with E-state index in [1.54, 1.807) is 25.6 Å². The normalized spacial score (nSPS) is 10.8. The Labute approximate surface area is 182 Å². The standard InChI is InChI=1S/C24H28N2O3S/c1-28-21-11-9-19(10-12-21)13-14-25-24(27)18-26(17-22-7-5-15-30-22)16-20-6-3-4-8-23(20)29-2/h3-12,15H,13-14,16-18H2,1-2H3,(H,25,27). The molecule has 0 aliphatic carbocycles. The Morgan fingerprint density at radius 2 is 1.77 bits per heavy atom. The summed E-state index contributed by atoms with van der Waals surface area (Å²) in [5.41, 5.74) is 2.24. The van der Waals surface area contributed by atoms with Gasteiger partial charge in [-0.25, -0.2) is 0 Å². The SMILES string of the molecule is COc1ccc(CCNC(=O)CN(Cc2cccs2)Cc2ccccc2OC)cc1. The molecule has 1 heterocycles. The lowest BCUT2D eigenvalue weighted by molar-refractivity contribution is -0.122. The maximum atomic E-state index is 12.6. The van der Waals surface area contributed by atoms with Crippen LogP contribution in [-0.4, -0.2) is 38.1 Å². The lowest BCUT2D eigenvalue weighted by Gasteiger charge is -2.22. The van der Waals surface area contributed by atoms with Crippen molar-refractivity contribution in [1.82, 2.24) is 10.2 Å². The van der Waals surface area contributed by atoms with E-state index in [9.17, 15) is 4.79 Å². The van der Waals surface area contributed by atoms with Gasteiger partial charge in [0.25, 0.3) is 0 Å². The third kappa shape index (κ3) is 6.61. The predicted octanol–water partition coefficient (Wildman–Crippen LogP) is 4.13. The molecule has 2 aromatic carbocycles. The van der Waals surface area contributed by atoms with Crippen molar-refractivity contribution in [2.24, 2.45) is 0 Å². The van der Waals surface area contributed by atoms with Crippen molar-refractivity contribution in [3.8, 4) is 11.5 Å². The van der Waals surface area contributed by atoms with Crippen molar-refractivity contribution in [1.29, 1.82) is 0 Å². The lowest BCUT2D eigenvalue weighted by Crippen LogP contribution is -2.37. The number of para-hydroxylation sites is 1. The molecule has 0 saturated heterocycles. The van der Waals surface area contributed by atoms with Crippen LogP contribution in [0, 0.1) is 0 Å². The number of carbonyl (C=O) groups excluding carboxylic acids is 1. The quantitative estimate of drug-likeness (QED) is 0.503. The second-order valence-electron chi connectivity index (χ2n) is 6.98. The molecule has 0 aliphatic heterocycles. The highest BCUT2D eigenvalue weighted by atomic mass is 32.1. The molecule has 158 valence electrons. The van der Waals surface area contributed by atoms with Crippen LogP contribution in [0.3, 0.4) is 0 Å². The first-order valence-corrected chi connectivity index (χ1v) is 10.8. The van der Waals surface area contributed by atoms with E-state index < -0.39 is 0 Å². The molecule has 1 amide bonds. The van der Waals surface area contributed by atoms with Gasteiger partial charge in [0.2, 0.25) is 5.91 Å². The third-order valence-electron chi connectivity index (χ3n) is 4.81.